The van der Waals surface area contributed by atoms with Crippen molar-refractivity contribution in [2.45, 2.75) is 38.7 Å². The molecule has 0 unspecified atom stereocenters. The Labute approximate surface area is 125 Å². The zero-order valence-electron chi connectivity index (χ0n) is 12.1. The third-order valence-electron chi connectivity index (χ3n) is 3.68. The number of aliphatic hydroxyl groups excluding tert-OH is 1. The molecule has 1 nitrogen and oxygen atoms in total. The number of thiophene rings is 1. The quantitative estimate of drug-likeness (QED) is 0.713. The lowest BCUT2D eigenvalue weighted by Gasteiger charge is -2.21. The van der Waals surface area contributed by atoms with Gasteiger partial charge in [0.25, 0.3) is 0 Å². The van der Waals surface area contributed by atoms with Crippen molar-refractivity contribution in [1.82, 2.24) is 0 Å². The van der Waals surface area contributed by atoms with Gasteiger partial charge < -0.3 is 5.11 Å². The molecule has 0 spiro atoms. The minimum atomic E-state index is -0.467. The molecule has 2 rings (SSSR count). The zero-order chi connectivity index (χ0) is 14.4. The molecule has 2 aromatic rings. The fourth-order valence-electron chi connectivity index (χ4n) is 2.42. The van der Waals surface area contributed by atoms with Gasteiger partial charge in [0, 0.05) is 10.8 Å². The van der Waals surface area contributed by atoms with Crippen LogP contribution in [0, 0.1) is 0 Å². The monoisotopic (exact) mass is 286 g/mol. The third-order valence-corrected chi connectivity index (χ3v) is 4.63. The van der Waals surface area contributed by atoms with E-state index in [2.05, 4.69) is 32.1 Å². The molecule has 1 aromatic carbocycles. The van der Waals surface area contributed by atoms with E-state index < -0.39 is 6.10 Å². The van der Waals surface area contributed by atoms with Crippen molar-refractivity contribution in [2.24, 2.45) is 0 Å². The van der Waals surface area contributed by atoms with E-state index in [1.54, 1.807) is 11.3 Å². The van der Waals surface area contributed by atoms with Crippen molar-refractivity contribution >= 4 is 11.3 Å². The second-order valence-electron chi connectivity index (χ2n) is 4.93. The predicted octanol–water partition coefficient (Wildman–Crippen LogP) is 5.31. The van der Waals surface area contributed by atoms with Crippen LogP contribution in [-0.4, -0.2) is 5.11 Å². The number of benzene rings is 1. The van der Waals surface area contributed by atoms with E-state index in [4.69, 9.17) is 0 Å². The summed E-state index contributed by atoms with van der Waals surface area (Å²) in [6.07, 6.45) is 3.86. The molecule has 0 aliphatic heterocycles. The van der Waals surface area contributed by atoms with E-state index in [1.165, 1.54) is 11.1 Å². The van der Waals surface area contributed by atoms with Crippen molar-refractivity contribution in [2.75, 3.05) is 0 Å². The molecule has 1 N–H and O–H groups in total. The second-order valence-corrected chi connectivity index (χ2v) is 5.91. The van der Waals surface area contributed by atoms with Gasteiger partial charge in [-0.25, -0.2) is 0 Å². The summed E-state index contributed by atoms with van der Waals surface area (Å²) in [5, 5.41) is 12.7. The molecule has 0 radical (unpaired) electrons. The van der Waals surface area contributed by atoms with Crippen LogP contribution in [0.2, 0.25) is 0 Å². The van der Waals surface area contributed by atoms with Crippen LogP contribution >= 0.6 is 11.3 Å². The predicted molar refractivity (Wildman–Crippen MR) is 87.1 cm³/mol. The molecule has 0 saturated carbocycles. The van der Waals surface area contributed by atoms with Crippen LogP contribution in [0.25, 0.3) is 0 Å². The summed E-state index contributed by atoms with van der Waals surface area (Å²) in [4.78, 5) is 1.03. The molecule has 0 fully saturated rings. The molecule has 0 bridgehead atoms. The van der Waals surface area contributed by atoms with E-state index in [1.807, 2.05) is 35.7 Å². The van der Waals surface area contributed by atoms with Crippen LogP contribution in [0.5, 0.6) is 0 Å². The molecule has 1 aromatic heterocycles. The van der Waals surface area contributed by atoms with Gasteiger partial charge >= 0.3 is 0 Å². The van der Waals surface area contributed by atoms with Crippen LogP contribution < -0.4 is 0 Å². The number of rotatable bonds is 6. The zero-order valence-corrected chi connectivity index (χ0v) is 12.9. The van der Waals surface area contributed by atoms with E-state index in [0.29, 0.717) is 0 Å². The van der Waals surface area contributed by atoms with Crippen LogP contribution in [0.3, 0.4) is 0 Å². The second kappa shape index (κ2) is 7.41. The van der Waals surface area contributed by atoms with Gasteiger partial charge in [0.2, 0.25) is 0 Å². The summed E-state index contributed by atoms with van der Waals surface area (Å²) in [5.41, 5.74) is 2.57. The Morgan fingerprint density at radius 3 is 2.35 bits per heavy atom. The molecule has 0 amide bonds. The van der Waals surface area contributed by atoms with Gasteiger partial charge in [0.1, 0.15) is 0 Å². The van der Waals surface area contributed by atoms with Crippen molar-refractivity contribution in [3.05, 3.63) is 69.9 Å². The van der Waals surface area contributed by atoms with Gasteiger partial charge in [0.05, 0.1) is 6.10 Å². The highest BCUT2D eigenvalue weighted by atomic mass is 32.1. The highest BCUT2D eigenvalue weighted by Crippen LogP contribution is 2.35. The lowest BCUT2D eigenvalue weighted by atomic mass is 9.89. The van der Waals surface area contributed by atoms with Crippen molar-refractivity contribution in [3.63, 3.8) is 0 Å². The topological polar surface area (TPSA) is 20.2 Å². The maximum atomic E-state index is 10.7. The average molecular weight is 286 g/mol. The van der Waals surface area contributed by atoms with Gasteiger partial charge in [-0.05, 0) is 29.9 Å². The van der Waals surface area contributed by atoms with Crippen molar-refractivity contribution < 1.29 is 5.11 Å². The number of allylic oxidation sites excluding steroid dienone is 1. The molecule has 106 valence electrons. The number of hydrogen-bond acceptors (Lipinski definition) is 2. The maximum absolute atomic E-state index is 10.7. The van der Waals surface area contributed by atoms with Crippen LogP contribution in [-0.2, 0) is 0 Å². The first-order chi connectivity index (χ1) is 9.76. The molecule has 0 aliphatic carbocycles. The van der Waals surface area contributed by atoms with Crippen LogP contribution in [0.15, 0.2) is 59.5 Å². The average Bonchev–Trinajstić information content (AvgIpc) is 3.03. The number of hydrogen-bond donors (Lipinski definition) is 1. The SMILES string of the molecule is CCC(=C[C@@H](c1ccccc1)[C@@H](O)c1cccs1)CC. The summed E-state index contributed by atoms with van der Waals surface area (Å²) in [6, 6.07) is 14.3. The van der Waals surface area contributed by atoms with Gasteiger partial charge in [-0.2, -0.15) is 0 Å². The summed E-state index contributed by atoms with van der Waals surface area (Å²) >= 11 is 1.62. The third kappa shape index (κ3) is 3.59. The van der Waals surface area contributed by atoms with E-state index in [-0.39, 0.29) is 5.92 Å². The smallest absolute Gasteiger partial charge is 0.0984 e. The standard InChI is InChI=1S/C18H22OS/c1-3-14(4-2)13-16(15-9-6-5-7-10-15)18(19)17-11-8-12-20-17/h5-13,16,18-19H,3-4H2,1-2H3/t16-,18+/m0/s1. The minimum Gasteiger partial charge on any atom is -0.387 e. The van der Waals surface area contributed by atoms with Crippen LogP contribution in [0.4, 0.5) is 0 Å². The normalized spacial score (nSPS) is 13.8. The molecule has 2 atom stereocenters. The molecule has 2 heteroatoms. The first kappa shape index (κ1) is 15.0. The molecule has 0 saturated heterocycles. The summed E-state index contributed by atoms with van der Waals surface area (Å²) < 4.78 is 0. The Hall–Kier alpha value is -1.38. The van der Waals surface area contributed by atoms with Crippen LogP contribution in [0.1, 0.15) is 49.2 Å². The summed E-state index contributed by atoms with van der Waals surface area (Å²) in [6.45, 7) is 4.35. The molecule has 1 heterocycles. The fraction of sp³-hybridized carbons (Fsp3) is 0.333. The van der Waals surface area contributed by atoms with Gasteiger partial charge in [-0.3, -0.25) is 0 Å². The molecule has 0 aliphatic rings. The van der Waals surface area contributed by atoms with Gasteiger partial charge in [-0.1, -0.05) is 61.9 Å². The molecule has 20 heavy (non-hydrogen) atoms. The van der Waals surface area contributed by atoms with Gasteiger partial charge in [-0.15, -0.1) is 11.3 Å². The Morgan fingerprint density at radius 1 is 1.10 bits per heavy atom. The highest BCUT2D eigenvalue weighted by Gasteiger charge is 2.21. The lowest BCUT2D eigenvalue weighted by molar-refractivity contribution is 0.165. The first-order valence-corrected chi connectivity index (χ1v) is 8.10. The Morgan fingerprint density at radius 2 is 1.80 bits per heavy atom. The Kier molecular flexibility index (Phi) is 5.57. The Bertz CT molecular complexity index is 522. The Balaban J connectivity index is 2.36. The van der Waals surface area contributed by atoms with Crippen molar-refractivity contribution in [3.8, 4) is 0 Å². The van der Waals surface area contributed by atoms with Crippen molar-refractivity contribution in [1.29, 1.82) is 0 Å². The van der Waals surface area contributed by atoms with Gasteiger partial charge in [0.15, 0.2) is 0 Å². The van der Waals surface area contributed by atoms with E-state index in [0.717, 1.165) is 17.7 Å². The summed E-state index contributed by atoms with van der Waals surface area (Å²) in [7, 11) is 0. The summed E-state index contributed by atoms with van der Waals surface area (Å²) in [5.74, 6) is 0.0322. The largest absolute Gasteiger partial charge is 0.387 e. The highest BCUT2D eigenvalue weighted by molar-refractivity contribution is 7.10. The fourth-order valence-corrected chi connectivity index (χ4v) is 3.18. The van der Waals surface area contributed by atoms with E-state index >= 15 is 0 Å². The maximum Gasteiger partial charge on any atom is 0.0984 e. The molecular formula is C18H22OS. The lowest BCUT2D eigenvalue weighted by Crippen LogP contribution is -2.08. The first-order valence-electron chi connectivity index (χ1n) is 7.22. The number of aliphatic hydroxyl groups is 1. The molecular weight excluding hydrogens is 264 g/mol. The minimum absolute atomic E-state index is 0.0322. The van der Waals surface area contributed by atoms with E-state index in [9.17, 15) is 5.11 Å².